The van der Waals surface area contributed by atoms with E-state index >= 15 is 0 Å². The summed E-state index contributed by atoms with van der Waals surface area (Å²) in [7, 11) is 0. The van der Waals surface area contributed by atoms with Crippen LogP contribution >= 0.6 is 11.6 Å². The summed E-state index contributed by atoms with van der Waals surface area (Å²) in [6.45, 7) is 4.99. The molecule has 6 heteroatoms. The van der Waals surface area contributed by atoms with Crippen LogP contribution in [0.3, 0.4) is 0 Å². The molecular formula is C15H22ClN3O2. The standard InChI is InChI=1S/C15H22ClN3O2/c1-2-9-18(11-12-5-3-4-8-17-12)15-7-6-13(19(20)21)10-14(15)16/h6-7,10,12,17H,2-5,8-9,11H2,1H3. The quantitative estimate of drug-likeness (QED) is 0.644. The van der Waals surface area contributed by atoms with Crippen LogP contribution < -0.4 is 10.2 Å². The topological polar surface area (TPSA) is 58.4 Å². The van der Waals surface area contributed by atoms with Crippen molar-refractivity contribution in [3.05, 3.63) is 33.3 Å². The number of rotatable bonds is 6. The van der Waals surface area contributed by atoms with E-state index < -0.39 is 4.92 Å². The molecule has 1 aromatic rings. The van der Waals surface area contributed by atoms with Crippen molar-refractivity contribution in [3.63, 3.8) is 0 Å². The lowest BCUT2D eigenvalue weighted by Gasteiger charge is -2.32. The Kier molecular flexibility index (Phi) is 5.82. The number of non-ortho nitro benzene ring substituents is 1. The number of nitrogens with one attached hydrogen (secondary N) is 1. The first-order valence-electron chi connectivity index (χ1n) is 7.54. The first-order chi connectivity index (χ1) is 10.1. The summed E-state index contributed by atoms with van der Waals surface area (Å²) in [6.07, 6.45) is 4.68. The van der Waals surface area contributed by atoms with Crippen molar-refractivity contribution in [3.8, 4) is 0 Å². The Morgan fingerprint density at radius 2 is 2.29 bits per heavy atom. The molecule has 0 saturated carbocycles. The van der Waals surface area contributed by atoms with Crippen molar-refractivity contribution < 1.29 is 4.92 Å². The van der Waals surface area contributed by atoms with Crippen molar-refractivity contribution in [2.24, 2.45) is 0 Å². The van der Waals surface area contributed by atoms with E-state index in [-0.39, 0.29) is 5.69 Å². The van der Waals surface area contributed by atoms with Gasteiger partial charge in [-0.3, -0.25) is 10.1 Å². The second-order valence-corrected chi connectivity index (χ2v) is 5.89. The van der Waals surface area contributed by atoms with Gasteiger partial charge in [0, 0.05) is 31.3 Å². The molecule has 1 N–H and O–H groups in total. The van der Waals surface area contributed by atoms with E-state index in [1.54, 1.807) is 6.07 Å². The van der Waals surface area contributed by atoms with Crippen molar-refractivity contribution in [1.82, 2.24) is 5.32 Å². The highest BCUT2D eigenvalue weighted by atomic mass is 35.5. The van der Waals surface area contributed by atoms with Crippen molar-refractivity contribution in [2.45, 2.75) is 38.6 Å². The van der Waals surface area contributed by atoms with Crippen LogP contribution in [0.25, 0.3) is 0 Å². The molecule has 1 fully saturated rings. The monoisotopic (exact) mass is 311 g/mol. The Bertz CT molecular complexity index is 490. The number of hydrogen-bond donors (Lipinski definition) is 1. The summed E-state index contributed by atoms with van der Waals surface area (Å²) < 4.78 is 0. The Morgan fingerprint density at radius 3 is 2.86 bits per heavy atom. The van der Waals surface area contributed by atoms with Crippen LogP contribution in [0.15, 0.2) is 18.2 Å². The number of nitro groups is 1. The molecule has 0 amide bonds. The molecule has 0 bridgehead atoms. The maximum Gasteiger partial charge on any atom is 0.271 e. The summed E-state index contributed by atoms with van der Waals surface area (Å²) >= 11 is 6.26. The van der Waals surface area contributed by atoms with Gasteiger partial charge in [0.2, 0.25) is 0 Å². The van der Waals surface area contributed by atoms with Gasteiger partial charge in [0.05, 0.1) is 15.6 Å². The van der Waals surface area contributed by atoms with Crippen LogP contribution in [0.5, 0.6) is 0 Å². The average molecular weight is 312 g/mol. The number of nitro benzene ring substituents is 1. The minimum atomic E-state index is -0.414. The molecule has 21 heavy (non-hydrogen) atoms. The summed E-state index contributed by atoms with van der Waals surface area (Å²) in [6, 6.07) is 5.20. The van der Waals surface area contributed by atoms with Crippen molar-refractivity contribution in [1.29, 1.82) is 0 Å². The van der Waals surface area contributed by atoms with E-state index in [4.69, 9.17) is 11.6 Å². The van der Waals surface area contributed by atoms with Crippen LogP contribution in [0.4, 0.5) is 11.4 Å². The predicted molar refractivity (Wildman–Crippen MR) is 86.3 cm³/mol. The Hall–Kier alpha value is -1.33. The lowest BCUT2D eigenvalue weighted by molar-refractivity contribution is -0.384. The molecule has 5 nitrogen and oxygen atoms in total. The largest absolute Gasteiger partial charge is 0.369 e. The number of hydrogen-bond acceptors (Lipinski definition) is 4. The minimum absolute atomic E-state index is 0.0380. The molecule has 1 unspecified atom stereocenters. The van der Waals surface area contributed by atoms with Crippen LogP contribution in [0, 0.1) is 10.1 Å². The van der Waals surface area contributed by atoms with Crippen LogP contribution in [-0.4, -0.2) is 30.6 Å². The second-order valence-electron chi connectivity index (χ2n) is 5.49. The highest BCUT2D eigenvalue weighted by Gasteiger charge is 2.19. The third-order valence-corrected chi connectivity index (χ3v) is 4.13. The first-order valence-corrected chi connectivity index (χ1v) is 7.92. The van der Waals surface area contributed by atoms with Gasteiger partial charge in [-0.2, -0.15) is 0 Å². The summed E-state index contributed by atoms with van der Waals surface area (Å²) in [5.74, 6) is 0. The van der Waals surface area contributed by atoms with Crippen LogP contribution in [0.1, 0.15) is 32.6 Å². The van der Waals surface area contributed by atoms with Gasteiger partial charge >= 0.3 is 0 Å². The third kappa shape index (κ3) is 4.32. The fourth-order valence-corrected chi connectivity index (χ4v) is 3.09. The van der Waals surface area contributed by atoms with Crippen LogP contribution in [0.2, 0.25) is 5.02 Å². The van der Waals surface area contributed by atoms with E-state index in [9.17, 15) is 10.1 Å². The molecular weight excluding hydrogens is 290 g/mol. The minimum Gasteiger partial charge on any atom is -0.369 e. The van der Waals surface area contributed by atoms with Gasteiger partial charge < -0.3 is 10.2 Å². The smallest absolute Gasteiger partial charge is 0.271 e. The second kappa shape index (κ2) is 7.61. The molecule has 1 heterocycles. The van der Waals surface area contributed by atoms with Gasteiger partial charge in [-0.25, -0.2) is 0 Å². The molecule has 2 rings (SSSR count). The predicted octanol–water partition coefficient (Wildman–Crippen LogP) is 3.61. The number of nitrogens with zero attached hydrogens (tertiary/aromatic N) is 2. The molecule has 0 spiro atoms. The number of piperidine rings is 1. The highest BCUT2D eigenvalue weighted by Crippen LogP contribution is 2.30. The van der Waals surface area contributed by atoms with Gasteiger partial charge in [0.1, 0.15) is 0 Å². The normalized spacial score (nSPS) is 18.5. The fraction of sp³-hybridized carbons (Fsp3) is 0.600. The molecule has 0 aliphatic carbocycles. The molecule has 1 atom stereocenters. The summed E-state index contributed by atoms with van der Waals surface area (Å²) in [4.78, 5) is 12.6. The SMILES string of the molecule is CCCN(CC1CCCCN1)c1ccc([N+](=O)[O-])cc1Cl. The lowest BCUT2D eigenvalue weighted by atomic mass is 10.0. The summed E-state index contributed by atoms with van der Waals surface area (Å²) in [5.41, 5.74) is 0.924. The van der Waals surface area contributed by atoms with Crippen molar-refractivity contribution >= 4 is 23.0 Å². The lowest BCUT2D eigenvalue weighted by Crippen LogP contribution is -2.44. The third-order valence-electron chi connectivity index (χ3n) is 3.83. The molecule has 0 radical (unpaired) electrons. The first kappa shape index (κ1) is 16.0. The van der Waals surface area contributed by atoms with Gasteiger partial charge in [-0.1, -0.05) is 24.9 Å². The number of anilines is 1. The average Bonchev–Trinajstić information content (AvgIpc) is 2.48. The van der Waals surface area contributed by atoms with E-state index in [0.29, 0.717) is 11.1 Å². The van der Waals surface area contributed by atoms with Gasteiger partial charge in [-0.05, 0) is 31.9 Å². The van der Waals surface area contributed by atoms with E-state index in [2.05, 4.69) is 17.1 Å². The Balaban J connectivity index is 2.14. The van der Waals surface area contributed by atoms with Gasteiger partial charge in [0.15, 0.2) is 0 Å². The Labute approximate surface area is 130 Å². The van der Waals surface area contributed by atoms with E-state index in [1.165, 1.54) is 31.4 Å². The highest BCUT2D eigenvalue weighted by molar-refractivity contribution is 6.33. The van der Waals surface area contributed by atoms with Crippen molar-refractivity contribution in [2.75, 3.05) is 24.5 Å². The van der Waals surface area contributed by atoms with E-state index in [1.807, 2.05) is 0 Å². The fourth-order valence-electron chi connectivity index (χ4n) is 2.79. The molecule has 1 aromatic carbocycles. The molecule has 0 aromatic heterocycles. The molecule has 116 valence electrons. The maximum absolute atomic E-state index is 10.8. The maximum atomic E-state index is 10.8. The van der Waals surface area contributed by atoms with Crippen LogP contribution in [-0.2, 0) is 0 Å². The zero-order valence-electron chi connectivity index (χ0n) is 12.3. The molecule has 1 aliphatic rings. The summed E-state index contributed by atoms with van der Waals surface area (Å²) in [5, 5.41) is 14.8. The molecule has 1 saturated heterocycles. The van der Waals surface area contributed by atoms with E-state index in [0.717, 1.165) is 31.7 Å². The van der Waals surface area contributed by atoms with Gasteiger partial charge in [-0.15, -0.1) is 0 Å². The van der Waals surface area contributed by atoms with Gasteiger partial charge in [0.25, 0.3) is 5.69 Å². The Morgan fingerprint density at radius 1 is 1.48 bits per heavy atom. The number of halogens is 1. The number of benzene rings is 1. The zero-order valence-corrected chi connectivity index (χ0v) is 13.1. The zero-order chi connectivity index (χ0) is 15.2. The molecule has 1 aliphatic heterocycles.